The van der Waals surface area contributed by atoms with Crippen LogP contribution in [0.25, 0.3) is 0 Å². The Labute approximate surface area is 169 Å². The molecule has 2 heterocycles. The molecule has 28 heavy (non-hydrogen) atoms. The van der Waals surface area contributed by atoms with E-state index in [0.29, 0.717) is 6.54 Å². The Balaban J connectivity index is 1.33. The molecule has 0 spiro atoms. The highest BCUT2D eigenvalue weighted by Gasteiger charge is 2.25. The first-order valence-electron chi connectivity index (χ1n) is 10.1. The summed E-state index contributed by atoms with van der Waals surface area (Å²) in [6.07, 6.45) is 6.02. The lowest BCUT2D eigenvalue weighted by Crippen LogP contribution is -2.48. The van der Waals surface area contributed by atoms with Gasteiger partial charge in [0.1, 0.15) is 0 Å². The second-order valence-electron chi connectivity index (χ2n) is 7.66. The van der Waals surface area contributed by atoms with Gasteiger partial charge < -0.3 is 9.64 Å². The van der Waals surface area contributed by atoms with Gasteiger partial charge in [0, 0.05) is 37.6 Å². The third kappa shape index (κ3) is 4.23. The van der Waals surface area contributed by atoms with Gasteiger partial charge in [0.05, 0.1) is 12.0 Å². The van der Waals surface area contributed by atoms with Crippen LogP contribution in [0.2, 0.25) is 0 Å². The van der Waals surface area contributed by atoms with E-state index in [-0.39, 0.29) is 17.5 Å². The zero-order valence-electron chi connectivity index (χ0n) is 16.4. The number of nitrogens with zero attached hydrogens (tertiary/aromatic N) is 2. The number of benzene rings is 1. The van der Waals surface area contributed by atoms with Crippen LogP contribution in [0.15, 0.2) is 24.3 Å². The van der Waals surface area contributed by atoms with Gasteiger partial charge in [-0.2, -0.15) is 0 Å². The largest absolute Gasteiger partial charge is 0.494 e. The molecule has 0 unspecified atom stereocenters. The van der Waals surface area contributed by atoms with Crippen LogP contribution in [0.3, 0.4) is 0 Å². The van der Waals surface area contributed by atoms with Gasteiger partial charge in [-0.25, -0.2) is 4.39 Å². The summed E-state index contributed by atoms with van der Waals surface area (Å²) in [6.45, 7) is 3.76. The maximum Gasteiger partial charge on any atom is 0.264 e. The lowest BCUT2D eigenvalue weighted by Gasteiger charge is -2.34. The van der Waals surface area contributed by atoms with E-state index < -0.39 is 0 Å². The molecule has 0 atom stereocenters. The van der Waals surface area contributed by atoms with Crippen LogP contribution in [0.4, 0.5) is 4.39 Å². The minimum Gasteiger partial charge on any atom is -0.494 e. The summed E-state index contributed by atoms with van der Waals surface area (Å²) in [5, 5.41) is 0. The van der Waals surface area contributed by atoms with Crippen LogP contribution in [0.5, 0.6) is 5.75 Å². The van der Waals surface area contributed by atoms with E-state index in [0.717, 1.165) is 49.5 Å². The molecule has 1 aromatic carbocycles. The molecule has 1 aliphatic heterocycles. The van der Waals surface area contributed by atoms with Crippen LogP contribution in [-0.2, 0) is 19.4 Å². The summed E-state index contributed by atoms with van der Waals surface area (Å²) in [4.78, 5) is 19.5. The van der Waals surface area contributed by atoms with E-state index in [9.17, 15) is 9.18 Å². The fourth-order valence-electron chi connectivity index (χ4n) is 4.10. The van der Waals surface area contributed by atoms with Crippen molar-refractivity contribution in [2.75, 3.05) is 33.3 Å². The predicted octanol–water partition coefficient (Wildman–Crippen LogP) is 4.12. The summed E-state index contributed by atoms with van der Waals surface area (Å²) in [5.41, 5.74) is 2.33. The second kappa shape index (κ2) is 8.62. The Morgan fingerprint density at radius 2 is 1.89 bits per heavy atom. The van der Waals surface area contributed by atoms with E-state index in [2.05, 4.69) is 11.0 Å². The van der Waals surface area contributed by atoms with Gasteiger partial charge in [-0.3, -0.25) is 9.69 Å². The number of hydrogen-bond acceptors (Lipinski definition) is 4. The molecule has 0 radical (unpaired) electrons. The smallest absolute Gasteiger partial charge is 0.264 e. The molecule has 0 saturated carbocycles. The summed E-state index contributed by atoms with van der Waals surface area (Å²) < 4.78 is 18.9. The third-order valence-electron chi connectivity index (χ3n) is 5.74. The number of halogens is 1. The van der Waals surface area contributed by atoms with Gasteiger partial charge in [-0.15, -0.1) is 11.3 Å². The summed E-state index contributed by atoms with van der Waals surface area (Å²) in [6, 6.07) is 7.25. The Hall–Kier alpha value is -1.92. The molecule has 1 aromatic heterocycles. The molecule has 1 amide bonds. The average molecular weight is 403 g/mol. The number of piperazine rings is 1. The number of thiophene rings is 1. The highest BCUT2D eigenvalue weighted by Crippen LogP contribution is 2.30. The Morgan fingerprint density at radius 3 is 2.64 bits per heavy atom. The summed E-state index contributed by atoms with van der Waals surface area (Å²) >= 11 is 1.70. The lowest BCUT2D eigenvalue weighted by atomic mass is 10.1. The van der Waals surface area contributed by atoms with Crippen LogP contribution in [-0.4, -0.2) is 49.0 Å². The van der Waals surface area contributed by atoms with E-state index in [4.69, 9.17) is 4.74 Å². The Kier molecular flexibility index (Phi) is 5.97. The Bertz CT molecular complexity index is 820. The number of methoxy groups -OCH3 is 1. The first-order valence-corrected chi connectivity index (χ1v) is 10.9. The van der Waals surface area contributed by atoms with Gasteiger partial charge >= 0.3 is 0 Å². The van der Waals surface area contributed by atoms with Crippen LogP contribution >= 0.6 is 11.3 Å². The molecule has 0 N–H and O–H groups in total. The fraction of sp³-hybridized carbons (Fsp3) is 0.500. The maximum absolute atomic E-state index is 13.9. The Morgan fingerprint density at radius 1 is 1.11 bits per heavy atom. The number of carbonyl (C=O) groups excluding carboxylic acids is 1. The van der Waals surface area contributed by atoms with Crippen molar-refractivity contribution in [3.8, 4) is 5.75 Å². The molecule has 4 nitrogen and oxygen atoms in total. The monoisotopic (exact) mass is 402 g/mol. The normalized spacial score (nSPS) is 17.9. The topological polar surface area (TPSA) is 32.8 Å². The van der Waals surface area contributed by atoms with Crippen molar-refractivity contribution in [3.05, 3.63) is 51.0 Å². The predicted molar refractivity (Wildman–Crippen MR) is 110 cm³/mol. The third-order valence-corrected chi connectivity index (χ3v) is 6.96. The van der Waals surface area contributed by atoms with E-state index >= 15 is 0 Å². The van der Waals surface area contributed by atoms with Crippen molar-refractivity contribution in [3.63, 3.8) is 0 Å². The molecule has 150 valence electrons. The molecular formula is C22H27FN2O2S. The van der Waals surface area contributed by atoms with Crippen LogP contribution in [0, 0.1) is 5.82 Å². The van der Waals surface area contributed by atoms with Crippen molar-refractivity contribution in [2.24, 2.45) is 0 Å². The standard InChI is InChI=1S/C22H27FN2O2S/c1-27-19-8-7-16(13-18(19)23)15-24-9-11-25(12-10-24)22(26)21-14-17-5-3-2-4-6-20(17)28-21/h7-8,13-14H,2-6,9-12,15H2,1H3. The molecule has 2 aromatic rings. The second-order valence-corrected chi connectivity index (χ2v) is 8.79. The molecule has 4 rings (SSSR count). The SMILES string of the molecule is COc1ccc(CN2CCN(C(=O)c3cc4c(s3)CCCCC4)CC2)cc1F. The fourth-order valence-corrected chi connectivity index (χ4v) is 5.33. The van der Waals surface area contributed by atoms with Crippen molar-refractivity contribution >= 4 is 17.2 Å². The summed E-state index contributed by atoms with van der Waals surface area (Å²) in [7, 11) is 1.47. The van der Waals surface area contributed by atoms with Gasteiger partial charge in [0.25, 0.3) is 5.91 Å². The molecule has 1 saturated heterocycles. The number of hydrogen-bond donors (Lipinski definition) is 0. The van der Waals surface area contributed by atoms with Crippen molar-refractivity contribution in [1.82, 2.24) is 9.80 Å². The molecule has 0 bridgehead atoms. The number of aryl methyl sites for hydroxylation is 2. The minimum absolute atomic E-state index is 0.174. The van der Waals surface area contributed by atoms with Crippen LogP contribution < -0.4 is 4.74 Å². The molecule has 2 aliphatic rings. The quantitative estimate of drug-likeness (QED) is 0.721. The van der Waals surface area contributed by atoms with E-state index in [1.165, 1.54) is 42.9 Å². The van der Waals surface area contributed by atoms with E-state index in [1.54, 1.807) is 17.4 Å². The van der Waals surface area contributed by atoms with Gasteiger partial charge in [0.2, 0.25) is 0 Å². The molecular weight excluding hydrogens is 375 g/mol. The minimum atomic E-state index is -0.328. The van der Waals surface area contributed by atoms with Crippen LogP contribution in [0.1, 0.15) is 44.9 Å². The first kappa shape index (κ1) is 19.4. The lowest BCUT2D eigenvalue weighted by molar-refractivity contribution is 0.0633. The van der Waals surface area contributed by atoms with Gasteiger partial charge in [-0.05, 0) is 55.0 Å². The van der Waals surface area contributed by atoms with Gasteiger partial charge in [-0.1, -0.05) is 12.5 Å². The zero-order valence-corrected chi connectivity index (χ0v) is 17.2. The molecule has 6 heteroatoms. The number of amides is 1. The highest BCUT2D eigenvalue weighted by molar-refractivity contribution is 7.14. The molecule has 1 aliphatic carbocycles. The van der Waals surface area contributed by atoms with E-state index in [1.807, 2.05) is 11.0 Å². The van der Waals surface area contributed by atoms with Crippen molar-refractivity contribution in [1.29, 1.82) is 0 Å². The number of fused-ring (bicyclic) bond motifs is 1. The summed E-state index contributed by atoms with van der Waals surface area (Å²) in [5.74, 6) is 0.119. The van der Waals surface area contributed by atoms with Crippen molar-refractivity contribution in [2.45, 2.75) is 38.6 Å². The van der Waals surface area contributed by atoms with Gasteiger partial charge in [0.15, 0.2) is 11.6 Å². The number of rotatable bonds is 4. The number of ether oxygens (including phenoxy) is 1. The average Bonchev–Trinajstić information content (AvgIpc) is 2.99. The number of carbonyl (C=O) groups is 1. The zero-order chi connectivity index (χ0) is 19.5. The molecule has 1 fully saturated rings. The van der Waals surface area contributed by atoms with Crippen molar-refractivity contribution < 1.29 is 13.9 Å². The first-order chi connectivity index (χ1) is 13.6. The highest BCUT2D eigenvalue weighted by atomic mass is 32.1. The maximum atomic E-state index is 13.9.